The molecule has 15 heteroatoms. The molecule has 0 saturated carbocycles. The maximum atomic E-state index is 14.6. The van der Waals surface area contributed by atoms with Crippen LogP contribution in [-0.2, 0) is 4.79 Å². The molecule has 0 aliphatic carbocycles. The quantitative estimate of drug-likeness (QED) is 0.315. The number of aryl methyl sites for hydroxylation is 1. The number of nitrogens with one attached hydrogen (secondary N) is 1. The van der Waals surface area contributed by atoms with Gasteiger partial charge in [0, 0.05) is 24.2 Å². The van der Waals surface area contributed by atoms with Crippen molar-refractivity contribution < 1.29 is 41.8 Å². The number of anilines is 1. The van der Waals surface area contributed by atoms with E-state index in [1.54, 1.807) is 12.1 Å². The van der Waals surface area contributed by atoms with Gasteiger partial charge in [-0.1, -0.05) is 0 Å². The number of hydrogen-bond acceptors (Lipinski definition) is 7. The highest BCUT2D eigenvalue weighted by Gasteiger charge is 2.34. The van der Waals surface area contributed by atoms with Crippen molar-refractivity contribution in [3.05, 3.63) is 71.4 Å². The van der Waals surface area contributed by atoms with Crippen molar-refractivity contribution in [2.24, 2.45) is 0 Å². The summed E-state index contributed by atoms with van der Waals surface area (Å²) in [5.74, 6) is -2.98. The van der Waals surface area contributed by atoms with E-state index in [2.05, 4.69) is 25.1 Å². The van der Waals surface area contributed by atoms with Crippen LogP contribution in [-0.4, -0.2) is 53.9 Å². The Morgan fingerprint density at radius 3 is 2.52 bits per heavy atom. The summed E-state index contributed by atoms with van der Waals surface area (Å²) in [6.45, 7) is 3.92. The lowest BCUT2D eigenvalue weighted by atomic mass is 10.0. The topological polar surface area (TPSA) is 139 Å². The van der Waals surface area contributed by atoms with Crippen molar-refractivity contribution in [1.29, 1.82) is 0 Å². The van der Waals surface area contributed by atoms with Crippen LogP contribution in [0.15, 0.2) is 48.8 Å². The number of alkyl halides is 3. The number of nitrogens with zero attached hydrogens (tertiary/aromatic N) is 5. The highest BCUT2D eigenvalue weighted by Crippen LogP contribution is 2.31. The number of halogens is 4. The largest absolute Gasteiger partial charge is 0.573 e. The van der Waals surface area contributed by atoms with E-state index in [1.807, 2.05) is 0 Å². The van der Waals surface area contributed by atoms with Crippen molar-refractivity contribution in [2.75, 3.05) is 5.32 Å². The van der Waals surface area contributed by atoms with E-state index < -0.39 is 41.5 Å². The molecule has 0 aliphatic heterocycles. The first-order chi connectivity index (χ1) is 18.7. The van der Waals surface area contributed by atoms with Crippen LogP contribution in [0.25, 0.3) is 16.9 Å². The summed E-state index contributed by atoms with van der Waals surface area (Å²) < 4.78 is 57.8. The summed E-state index contributed by atoms with van der Waals surface area (Å²) >= 11 is 0. The Morgan fingerprint density at radius 2 is 1.88 bits per heavy atom. The summed E-state index contributed by atoms with van der Waals surface area (Å²) in [5.41, 5.74) is 0.504. The van der Waals surface area contributed by atoms with Crippen LogP contribution in [0.4, 0.5) is 28.2 Å². The van der Waals surface area contributed by atoms with E-state index in [0.717, 1.165) is 13.0 Å². The number of pyridine rings is 1. The minimum absolute atomic E-state index is 0.137. The van der Waals surface area contributed by atoms with Gasteiger partial charge in [-0.3, -0.25) is 14.6 Å². The van der Waals surface area contributed by atoms with Gasteiger partial charge in [-0.25, -0.2) is 23.6 Å². The van der Waals surface area contributed by atoms with Gasteiger partial charge in [-0.05, 0) is 50.2 Å². The van der Waals surface area contributed by atoms with E-state index in [9.17, 15) is 37.1 Å². The fraction of sp³-hybridized carbons (Fsp3) is 0.200. The molecule has 0 spiro atoms. The zero-order valence-corrected chi connectivity index (χ0v) is 21.0. The van der Waals surface area contributed by atoms with Gasteiger partial charge in [-0.2, -0.15) is 5.10 Å². The van der Waals surface area contributed by atoms with E-state index in [1.165, 1.54) is 36.8 Å². The lowest BCUT2D eigenvalue weighted by Gasteiger charge is -2.26. The van der Waals surface area contributed by atoms with Crippen LogP contribution in [0.5, 0.6) is 5.75 Å². The third kappa shape index (κ3) is 5.98. The highest BCUT2D eigenvalue weighted by atomic mass is 19.4. The predicted octanol–water partition coefficient (Wildman–Crippen LogP) is 4.98. The molecule has 0 radical (unpaired) electrons. The minimum atomic E-state index is -5.07. The van der Waals surface area contributed by atoms with Gasteiger partial charge in [0.1, 0.15) is 11.6 Å². The molecule has 11 nitrogen and oxygen atoms in total. The van der Waals surface area contributed by atoms with E-state index >= 15 is 0 Å². The predicted molar refractivity (Wildman–Crippen MR) is 131 cm³/mol. The number of amides is 3. The van der Waals surface area contributed by atoms with Crippen LogP contribution in [0.2, 0.25) is 0 Å². The summed E-state index contributed by atoms with van der Waals surface area (Å²) in [5, 5.41) is 16.8. The minimum Gasteiger partial charge on any atom is -0.465 e. The van der Waals surface area contributed by atoms with Crippen molar-refractivity contribution in [2.45, 2.75) is 33.2 Å². The third-order valence-corrected chi connectivity index (χ3v) is 5.70. The zero-order chi connectivity index (χ0) is 29.4. The van der Waals surface area contributed by atoms with Gasteiger partial charge in [0.05, 0.1) is 29.2 Å². The number of rotatable bonds is 6. The number of carbonyl (C=O) groups is 3. The molecule has 0 aliphatic rings. The highest BCUT2D eigenvalue weighted by molar-refractivity contribution is 6.04. The van der Waals surface area contributed by atoms with Crippen LogP contribution < -0.4 is 10.1 Å². The van der Waals surface area contributed by atoms with E-state index in [-0.39, 0.29) is 27.9 Å². The Morgan fingerprint density at radius 1 is 1.15 bits per heavy atom. The average molecular weight is 560 g/mol. The Balaban J connectivity index is 1.70. The first-order valence-corrected chi connectivity index (χ1v) is 11.5. The number of benzene rings is 1. The number of fused-ring (bicyclic) bond motifs is 1. The second-order valence-corrected chi connectivity index (χ2v) is 8.55. The first-order valence-electron chi connectivity index (χ1n) is 11.5. The third-order valence-electron chi connectivity index (χ3n) is 5.70. The number of imide groups is 1. The van der Waals surface area contributed by atoms with Crippen LogP contribution >= 0.6 is 0 Å². The summed E-state index contributed by atoms with van der Waals surface area (Å²) in [6, 6.07) is 5.05. The molecule has 4 rings (SSSR count). The average Bonchev–Trinajstić information content (AvgIpc) is 3.25. The molecule has 3 amide bonds. The molecule has 3 aromatic heterocycles. The number of carbonyl (C=O) groups excluding carboxylic acids is 2. The number of ether oxygens (including phenoxy) is 1. The maximum Gasteiger partial charge on any atom is 0.573 e. The number of imidazole rings is 1. The summed E-state index contributed by atoms with van der Waals surface area (Å²) in [6.07, 6.45) is -3.97. The summed E-state index contributed by atoms with van der Waals surface area (Å²) in [7, 11) is 0. The van der Waals surface area contributed by atoms with E-state index in [0.29, 0.717) is 29.0 Å². The van der Waals surface area contributed by atoms with Gasteiger partial charge in [-0.15, -0.1) is 13.2 Å². The van der Waals surface area contributed by atoms with Crippen molar-refractivity contribution in [3.63, 3.8) is 0 Å². The fourth-order valence-electron chi connectivity index (χ4n) is 3.90. The Labute approximate surface area is 223 Å². The monoisotopic (exact) mass is 560 g/mol. The normalized spacial score (nSPS) is 12.2. The van der Waals surface area contributed by atoms with Gasteiger partial charge < -0.3 is 15.2 Å². The lowest BCUT2D eigenvalue weighted by Crippen LogP contribution is -2.38. The van der Waals surface area contributed by atoms with Gasteiger partial charge in [0.15, 0.2) is 11.5 Å². The number of hydrogen-bond donors (Lipinski definition) is 2. The second kappa shape index (κ2) is 10.6. The smallest absolute Gasteiger partial charge is 0.465 e. The Hall–Kier alpha value is -5.08. The molecule has 40 heavy (non-hydrogen) atoms. The zero-order valence-electron chi connectivity index (χ0n) is 21.0. The van der Waals surface area contributed by atoms with Crippen LogP contribution in [0, 0.1) is 12.7 Å². The molecule has 1 atom stereocenters. The lowest BCUT2D eigenvalue weighted by molar-refractivity contribution is -0.274. The molecule has 0 bridgehead atoms. The maximum absolute atomic E-state index is 14.6. The molecule has 1 unspecified atom stereocenters. The Bertz CT molecular complexity index is 1640. The standard InChI is InChI=1S/C25H20F4N6O5/c1-12-17(8-15(10-30-12)20-6-7-22-32-21(31-14(3)36)11-34(22)33-20)23(37)35(24(38)39)13(2)18-9-16(4-5-19(18)26)40-25(27,28)29/h4-11,13H,1-3H3,(H,31,36)(H,38,39). The SMILES string of the molecule is CC(=O)Nc1cn2nc(-c3cnc(C)c(C(=O)N(C(=O)O)C(C)c4cc(OC(F)(F)F)ccc4F)c3)ccc2n1. The second-order valence-electron chi connectivity index (χ2n) is 8.55. The molecular weight excluding hydrogens is 540 g/mol. The van der Waals surface area contributed by atoms with Gasteiger partial charge in [0.25, 0.3) is 5.91 Å². The molecule has 0 saturated heterocycles. The molecule has 1 aromatic carbocycles. The molecule has 3 heterocycles. The van der Waals surface area contributed by atoms with Crippen molar-refractivity contribution in [3.8, 4) is 17.0 Å². The van der Waals surface area contributed by atoms with Crippen molar-refractivity contribution >= 4 is 29.4 Å². The molecule has 2 N–H and O–H groups in total. The molecule has 208 valence electrons. The van der Waals surface area contributed by atoms with E-state index in [4.69, 9.17) is 0 Å². The summed E-state index contributed by atoms with van der Waals surface area (Å²) in [4.78, 5) is 45.5. The molecule has 0 fully saturated rings. The first kappa shape index (κ1) is 27.9. The number of aromatic nitrogens is 4. The van der Waals surface area contributed by atoms with Crippen molar-refractivity contribution in [1.82, 2.24) is 24.5 Å². The Kier molecular flexibility index (Phi) is 7.40. The number of carboxylic acid groups (broad SMARTS) is 1. The fourth-order valence-corrected chi connectivity index (χ4v) is 3.90. The molecular formula is C25H20F4N6O5. The molecule has 4 aromatic rings. The van der Waals surface area contributed by atoms with Crippen LogP contribution in [0.3, 0.4) is 0 Å². The van der Waals surface area contributed by atoms with Crippen LogP contribution in [0.1, 0.15) is 41.5 Å². The van der Waals surface area contributed by atoms with Gasteiger partial charge >= 0.3 is 12.5 Å². The van der Waals surface area contributed by atoms with Gasteiger partial charge in [0.2, 0.25) is 5.91 Å².